The molecule has 0 aromatic carbocycles. The molecule has 0 aromatic rings. The molecule has 2 atom stereocenters. The van der Waals surface area contributed by atoms with Gasteiger partial charge in [0.2, 0.25) is 0 Å². The Morgan fingerprint density at radius 1 is 1.70 bits per heavy atom. The van der Waals surface area contributed by atoms with Crippen LogP contribution in [0.2, 0.25) is 0 Å². The average Bonchev–Trinajstić information content (AvgIpc) is 1.88. The highest BCUT2D eigenvalue weighted by atomic mass is 32.2. The Bertz CT molecular complexity index is 140. The molecule has 0 spiro atoms. The average molecular weight is 161 g/mol. The highest BCUT2D eigenvalue weighted by Crippen LogP contribution is 2.11. The summed E-state index contributed by atoms with van der Waals surface area (Å²) in [5.41, 5.74) is 0. The van der Waals surface area contributed by atoms with Gasteiger partial charge in [-0.15, -0.1) is 0 Å². The molecule has 1 aliphatic rings. The van der Waals surface area contributed by atoms with Crippen LogP contribution < -0.4 is 5.32 Å². The molecule has 1 unspecified atom stereocenters. The minimum atomic E-state index is -0.737. The van der Waals surface area contributed by atoms with Crippen LogP contribution in [0.15, 0.2) is 0 Å². The lowest BCUT2D eigenvalue weighted by atomic mass is 10.3. The standard InChI is InChI=1S/C6H11NO2S/c1-4-2-10-3-5(7-4)6(8)9/h4-5,7H,2-3H2,1H3,(H,8,9)/t4-,5?/m0/s1. The van der Waals surface area contributed by atoms with Crippen LogP contribution in [0.1, 0.15) is 6.92 Å². The van der Waals surface area contributed by atoms with E-state index in [9.17, 15) is 4.79 Å². The third-order valence-corrected chi connectivity index (χ3v) is 2.74. The number of carboxylic acid groups (broad SMARTS) is 1. The number of thioether (sulfide) groups is 1. The smallest absolute Gasteiger partial charge is 0.321 e. The summed E-state index contributed by atoms with van der Waals surface area (Å²) in [6, 6.07) is -0.00593. The van der Waals surface area contributed by atoms with E-state index in [1.54, 1.807) is 11.8 Å². The molecule has 0 aromatic heterocycles. The topological polar surface area (TPSA) is 49.3 Å². The molecule has 4 heteroatoms. The maximum atomic E-state index is 10.4. The molecule has 0 amide bonds. The van der Waals surface area contributed by atoms with Crippen molar-refractivity contribution in [3.05, 3.63) is 0 Å². The zero-order valence-corrected chi connectivity index (χ0v) is 6.65. The number of aliphatic carboxylic acids is 1. The molecular formula is C6H11NO2S. The van der Waals surface area contributed by atoms with Crippen molar-refractivity contribution in [1.82, 2.24) is 5.32 Å². The van der Waals surface area contributed by atoms with Crippen LogP contribution in [-0.4, -0.2) is 34.7 Å². The first kappa shape index (κ1) is 7.88. The number of carboxylic acids is 1. The van der Waals surface area contributed by atoms with Crippen molar-refractivity contribution in [2.75, 3.05) is 11.5 Å². The maximum absolute atomic E-state index is 10.4. The van der Waals surface area contributed by atoms with Gasteiger partial charge in [-0.1, -0.05) is 0 Å². The monoisotopic (exact) mass is 161 g/mol. The first-order valence-electron chi connectivity index (χ1n) is 3.26. The first-order chi connectivity index (χ1) is 4.70. The fraction of sp³-hybridized carbons (Fsp3) is 0.833. The van der Waals surface area contributed by atoms with Gasteiger partial charge >= 0.3 is 5.97 Å². The van der Waals surface area contributed by atoms with E-state index >= 15 is 0 Å². The van der Waals surface area contributed by atoms with Crippen LogP contribution in [0.4, 0.5) is 0 Å². The van der Waals surface area contributed by atoms with Crippen LogP contribution >= 0.6 is 11.8 Å². The lowest BCUT2D eigenvalue weighted by Crippen LogP contribution is -2.48. The van der Waals surface area contributed by atoms with E-state index in [-0.39, 0.29) is 6.04 Å². The summed E-state index contributed by atoms with van der Waals surface area (Å²) in [6.07, 6.45) is 0. The molecule has 3 nitrogen and oxygen atoms in total. The Hall–Kier alpha value is -0.220. The maximum Gasteiger partial charge on any atom is 0.321 e. The number of rotatable bonds is 1. The molecule has 1 rings (SSSR count). The third kappa shape index (κ3) is 1.88. The second-order valence-electron chi connectivity index (χ2n) is 2.50. The summed E-state index contributed by atoms with van der Waals surface area (Å²) >= 11 is 1.70. The van der Waals surface area contributed by atoms with E-state index in [4.69, 9.17) is 5.11 Å². The van der Waals surface area contributed by atoms with E-state index in [1.165, 1.54) is 0 Å². The summed E-state index contributed by atoms with van der Waals surface area (Å²) < 4.78 is 0. The Kier molecular flexibility index (Phi) is 2.56. The molecule has 1 fully saturated rings. The van der Waals surface area contributed by atoms with E-state index in [2.05, 4.69) is 5.32 Å². The zero-order chi connectivity index (χ0) is 7.56. The van der Waals surface area contributed by atoms with Crippen molar-refractivity contribution in [1.29, 1.82) is 0 Å². The van der Waals surface area contributed by atoms with Gasteiger partial charge in [0.15, 0.2) is 0 Å². The Morgan fingerprint density at radius 3 is 2.80 bits per heavy atom. The van der Waals surface area contributed by atoms with E-state index < -0.39 is 5.97 Å². The largest absolute Gasteiger partial charge is 0.480 e. The first-order valence-corrected chi connectivity index (χ1v) is 4.42. The molecule has 0 aliphatic carbocycles. The predicted molar refractivity (Wildman–Crippen MR) is 41.3 cm³/mol. The van der Waals surface area contributed by atoms with Gasteiger partial charge in [0, 0.05) is 17.5 Å². The van der Waals surface area contributed by atoms with Crippen LogP contribution in [0.5, 0.6) is 0 Å². The van der Waals surface area contributed by atoms with Gasteiger partial charge in [-0.25, -0.2) is 0 Å². The van der Waals surface area contributed by atoms with Gasteiger partial charge in [0.25, 0.3) is 0 Å². The van der Waals surface area contributed by atoms with E-state index in [0.29, 0.717) is 11.8 Å². The Labute approximate surface area is 64.2 Å². The molecule has 58 valence electrons. The fourth-order valence-corrected chi connectivity index (χ4v) is 2.01. The van der Waals surface area contributed by atoms with Crippen LogP contribution in [0.3, 0.4) is 0 Å². The van der Waals surface area contributed by atoms with Gasteiger partial charge in [0.05, 0.1) is 0 Å². The van der Waals surface area contributed by atoms with Crippen molar-refractivity contribution in [3.8, 4) is 0 Å². The van der Waals surface area contributed by atoms with Gasteiger partial charge in [-0.3, -0.25) is 4.79 Å². The summed E-state index contributed by atoms with van der Waals surface area (Å²) in [4.78, 5) is 10.4. The SMILES string of the molecule is C[C@H]1CSCC(C(=O)O)N1. The van der Waals surface area contributed by atoms with E-state index in [0.717, 1.165) is 5.75 Å². The number of carbonyl (C=O) groups is 1. The predicted octanol–water partition coefficient (Wildman–Crippen LogP) is 0.165. The number of hydrogen-bond donors (Lipinski definition) is 2. The second kappa shape index (κ2) is 3.25. The van der Waals surface area contributed by atoms with Crippen LogP contribution in [-0.2, 0) is 4.79 Å². The highest BCUT2D eigenvalue weighted by Gasteiger charge is 2.23. The molecule has 1 saturated heterocycles. The molecule has 0 bridgehead atoms. The van der Waals surface area contributed by atoms with Gasteiger partial charge < -0.3 is 10.4 Å². The zero-order valence-electron chi connectivity index (χ0n) is 5.83. The molecular weight excluding hydrogens is 150 g/mol. The third-order valence-electron chi connectivity index (χ3n) is 1.44. The summed E-state index contributed by atoms with van der Waals surface area (Å²) in [5.74, 6) is 0.975. The number of nitrogens with one attached hydrogen (secondary N) is 1. The summed E-state index contributed by atoms with van der Waals surface area (Å²) in [6.45, 7) is 2.00. The van der Waals surface area contributed by atoms with Gasteiger partial charge in [-0.2, -0.15) is 11.8 Å². The normalized spacial score (nSPS) is 33.7. The van der Waals surface area contributed by atoms with E-state index in [1.807, 2.05) is 6.92 Å². The minimum absolute atomic E-state index is 0.333. The highest BCUT2D eigenvalue weighted by molar-refractivity contribution is 7.99. The Balaban J connectivity index is 2.39. The van der Waals surface area contributed by atoms with Gasteiger partial charge in [-0.05, 0) is 6.92 Å². The van der Waals surface area contributed by atoms with Crippen LogP contribution in [0.25, 0.3) is 0 Å². The summed E-state index contributed by atoms with van der Waals surface area (Å²) in [7, 11) is 0. The fourth-order valence-electron chi connectivity index (χ4n) is 0.945. The molecule has 2 N–H and O–H groups in total. The summed E-state index contributed by atoms with van der Waals surface area (Å²) in [5, 5.41) is 11.6. The lowest BCUT2D eigenvalue weighted by Gasteiger charge is -2.24. The van der Waals surface area contributed by atoms with Crippen molar-refractivity contribution >= 4 is 17.7 Å². The molecule has 0 saturated carbocycles. The van der Waals surface area contributed by atoms with Crippen molar-refractivity contribution < 1.29 is 9.90 Å². The minimum Gasteiger partial charge on any atom is -0.480 e. The Morgan fingerprint density at radius 2 is 2.40 bits per heavy atom. The van der Waals surface area contributed by atoms with Crippen molar-refractivity contribution in [3.63, 3.8) is 0 Å². The molecule has 10 heavy (non-hydrogen) atoms. The molecule has 0 radical (unpaired) electrons. The molecule has 1 aliphatic heterocycles. The lowest BCUT2D eigenvalue weighted by molar-refractivity contribution is -0.139. The van der Waals surface area contributed by atoms with Crippen molar-refractivity contribution in [2.45, 2.75) is 19.0 Å². The van der Waals surface area contributed by atoms with Gasteiger partial charge in [0.1, 0.15) is 6.04 Å². The van der Waals surface area contributed by atoms with Crippen molar-refractivity contribution in [2.24, 2.45) is 0 Å². The second-order valence-corrected chi connectivity index (χ2v) is 3.57. The molecule has 1 heterocycles. The number of hydrogen-bond acceptors (Lipinski definition) is 3. The van der Waals surface area contributed by atoms with Crippen LogP contribution in [0, 0.1) is 0 Å². The quantitative estimate of drug-likeness (QED) is 0.575.